The van der Waals surface area contributed by atoms with Crippen LogP contribution in [0.4, 0.5) is 11.4 Å². The number of rotatable bonds is 20. The highest BCUT2D eigenvalue weighted by molar-refractivity contribution is 5.97. The van der Waals surface area contributed by atoms with Crippen LogP contribution in [-0.2, 0) is 19.1 Å². The van der Waals surface area contributed by atoms with Crippen LogP contribution < -0.4 is 34.0 Å². The Bertz CT molecular complexity index is 2160. The smallest absolute Gasteiger partial charge is 0.310 e. The van der Waals surface area contributed by atoms with E-state index in [4.69, 9.17) is 20.5 Å². The minimum atomic E-state index is -0.607. The summed E-state index contributed by atoms with van der Waals surface area (Å²) >= 11 is 0. The number of esters is 2. The number of carbonyl (C=O) groups is 4. The molecule has 2 aliphatic heterocycles. The van der Waals surface area contributed by atoms with Crippen molar-refractivity contribution in [1.82, 2.24) is 0 Å². The van der Waals surface area contributed by atoms with Crippen molar-refractivity contribution in [2.75, 3.05) is 65.6 Å². The summed E-state index contributed by atoms with van der Waals surface area (Å²) < 4.78 is 13.5. The molecule has 4 aromatic rings. The quantitative estimate of drug-likeness (QED) is 0.0242. The SMILES string of the molecule is [Br-].[Br-].[N-]=[N+]=Nc1ccc(C(=O)C[N+]2(CCCOC(=O)C3C(c4ccccc4)C(C(=O)OCCC[N+]4(CC(=O)c5ccc(N=[N+]=[N-])cc5)CCCCC4)C3c3ccccc3)CCCCC2)cc1. The van der Waals surface area contributed by atoms with Crippen molar-refractivity contribution in [2.24, 2.45) is 22.1 Å². The van der Waals surface area contributed by atoms with Crippen LogP contribution in [-0.4, -0.2) is 98.0 Å². The molecule has 4 aromatic carbocycles. The molecule has 2 saturated heterocycles. The molecule has 0 amide bonds. The van der Waals surface area contributed by atoms with Gasteiger partial charge in [-0.05, 0) is 60.7 Å². The number of ether oxygens (including phenoxy) is 2. The van der Waals surface area contributed by atoms with Crippen LogP contribution in [0.2, 0.25) is 0 Å². The first kappa shape index (κ1) is 51.6. The topological polar surface area (TPSA) is 184 Å². The number of likely N-dealkylation sites (tertiary alicyclic amines) is 2. The van der Waals surface area contributed by atoms with E-state index in [-0.39, 0.29) is 70.7 Å². The molecule has 0 bridgehead atoms. The average Bonchev–Trinajstić information content (AvgIpc) is 3.31. The van der Waals surface area contributed by atoms with Crippen molar-refractivity contribution in [1.29, 1.82) is 0 Å². The average molecular weight is 1030 g/mol. The summed E-state index contributed by atoms with van der Waals surface area (Å²) in [5.41, 5.74) is 21.3. The molecule has 66 heavy (non-hydrogen) atoms. The molecule has 2 heterocycles. The van der Waals surface area contributed by atoms with E-state index in [2.05, 4.69) is 20.1 Å². The second kappa shape index (κ2) is 25.0. The Kier molecular flexibility index (Phi) is 19.5. The highest BCUT2D eigenvalue weighted by Gasteiger charge is 2.59. The van der Waals surface area contributed by atoms with E-state index in [0.717, 1.165) is 75.8 Å². The minimum absolute atomic E-state index is 0. The lowest BCUT2D eigenvalue weighted by molar-refractivity contribution is -0.924. The second-order valence-corrected chi connectivity index (χ2v) is 17.7. The van der Waals surface area contributed by atoms with Crippen molar-refractivity contribution in [3.8, 4) is 0 Å². The van der Waals surface area contributed by atoms with Gasteiger partial charge in [-0.1, -0.05) is 119 Å². The van der Waals surface area contributed by atoms with E-state index in [1.54, 1.807) is 48.5 Å². The number of halogens is 2. The number of ketones is 2. The van der Waals surface area contributed by atoms with E-state index >= 15 is 0 Å². The van der Waals surface area contributed by atoms with Gasteiger partial charge in [-0.3, -0.25) is 19.2 Å². The molecule has 1 aliphatic carbocycles. The van der Waals surface area contributed by atoms with Gasteiger partial charge < -0.3 is 52.4 Å². The van der Waals surface area contributed by atoms with Crippen LogP contribution >= 0.6 is 0 Å². The summed E-state index contributed by atoms with van der Waals surface area (Å²) in [7, 11) is 0. The van der Waals surface area contributed by atoms with Gasteiger partial charge in [-0.2, -0.15) is 0 Å². The van der Waals surface area contributed by atoms with E-state index < -0.39 is 23.7 Å². The lowest BCUT2D eigenvalue weighted by atomic mass is 9.52. The van der Waals surface area contributed by atoms with Gasteiger partial charge in [0.05, 0.1) is 64.3 Å². The summed E-state index contributed by atoms with van der Waals surface area (Å²) in [5, 5.41) is 7.23. The van der Waals surface area contributed by atoms with Crippen molar-refractivity contribution < 1.29 is 71.6 Å². The normalized spacial score (nSPS) is 20.2. The standard InChI is InChI=1S/C50H58N8O6.2BrH/c51-55-53-41-23-19-37(20-24-41)43(59)35-57(27-9-3-10-28-57)31-13-33-63-49(61)47-45(39-15-5-1-6-16-39)48(46(47)40-17-7-2-8-18-40)50(62)64-34-14-32-58(29-11-4-12-30-58)36-44(60)38-21-25-42(26-22-38)54-56-52;;/h1-2,5-8,15-26,45-48H,3-4,9-14,27-36H2;2*1H/q+2;;/p-2. The molecule has 14 nitrogen and oxygen atoms in total. The predicted octanol–water partition coefficient (Wildman–Crippen LogP) is 4.33. The number of carbonyl (C=O) groups excluding carboxylic acids is 4. The number of nitrogens with zero attached hydrogens (tertiary/aromatic N) is 8. The molecule has 1 saturated carbocycles. The summed E-state index contributed by atoms with van der Waals surface area (Å²) in [6.45, 7) is 6.00. The Morgan fingerprint density at radius 3 is 1.20 bits per heavy atom. The summed E-state index contributed by atoms with van der Waals surface area (Å²) in [6.07, 6.45) is 7.52. The number of Topliss-reactive ketones (excluding diaryl/α,β-unsaturated/α-hetero) is 2. The maximum absolute atomic E-state index is 14.3. The summed E-state index contributed by atoms with van der Waals surface area (Å²) in [4.78, 5) is 61.3. The van der Waals surface area contributed by atoms with Crippen LogP contribution in [0.25, 0.3) is 20.9 Å². The number of benzene rings is 4. The Balaban J connectivity index is 0.00000408. The van der Waals surface area contributed by atoms with Gasteiger partial charge in [0.2, 0.25) is 11.6 Å². The zero-order chi connectivity index (χ0) is 44.8. The van der Waals surface area contributed by atoms with Crippen molar-refractivity contribution in [3.05, 3.63) is 152 Å². The predicted molar refractivity (Wildman–Crippen MR) is 243 cm³/mol. The van der Waals surface area contributed by atoms with E-state index in [1.807, 2.05) is 60.7 Å². The zero-order valence-electron chi connectivity index (χ0n) is 37.2. The number of azide groups is 2. The van der Waals surface area contributed by atoms with Crippen LogP contribution in [0.3, 0.4) is 0 Å². The monoisotopic (exact) mass is 1020 g/mol. The molecule has 0 atom stereocenters. The molecule has 348 valence electrons. The fourth-order valence-electron chi connectivity index (χ4n) is 10.5. The van der Waals surface area contributed by atoms with Gasteiger partial charge in [0.25, 0.3) is 0 Å². The third kappa shape index (κ3) is 13.0. The zero-order valence-corrected chi connectivity index (χ0v) is 40.4. The molecular formula is C50H58Br2N8O6. The van der Waals surface area contributed by atoms with Crippen LogP contribution in [0.15, 0.2) is 119 Å². The summed E-state index contributed by atoms with van der Waals surface area (Å²) in [5.74, 6) is -2.73. The fourth-order valence-corrected chi connectivity index (χ4v) is 10.5. The van der Waals surface area contributed by atoms with Crippen LogP contribution in [0, 0.1) is 11.8 Å². The Morgan fingerprint density at radius 2 is 0.864 bits per heavy atom. The molecule has 0 aromatic heterocycles. The number of hydrogen-bond acceptors (Lipinski definition) is 8. The molecular weight excluding hydrogens is 968 g/mol. The molecule has 16 heteroatoms. The third-order valence-electron chi connectivity index (χ3n) is 13.7. The first-order valence-electron chi connectivity index (χ1n) is 22.7. The largest absolute Gasteiger partial charge is 1.00 e. The maximum atomic E-state index is 14.3. The van der Waals surface area contributed by atoms with Gasteiger partial charge in [0.15, 0.2) is 0 Å². The molecule has 0 spiro atoms. The van der Waals surface area contributed by atoms with Gasteiger partial charge in [0.1, 0.15) is 13.1 Å². The number of hydrogen-bond donors (Lipinski definition) is 0. The highest BCUT2D eigenvalue weighted by atomic mass is 79.9. The highest BCUT2D eigenvalue weighted by Crippen LogP contribution is 2.58. The van der Waals surface area contributed by atoms with Gasteiger partial charge >= 0.3 is 11.9 Å². The number of quaternary nitrogens is 2. The lowest BCUT2D eigenvalue weighted by Gasteiger charge is -2.49. The summed E-state index contributed by atoms with van der Waals surface area (Å²) in [6, 6.07) is 32.8. The van der Waals surface area contributed by atoms with Gasteiger partial charge in [-0.15, -0.1) is 0 Å². The van der Waals surface area contributed by atoms with Crippen molar-refractivity contribution in [3.63, 3.8) is 0 Å². The second-order valence-electron chi connectivity index (χ2n) is 17.7. The molecule has 0 radical (unpaired) electrons. The van der Waals surface area contributed by atoms with Crippen molar-refractivity contribution >= 4 is 34.9 Å². The Morgan fingerprint density at radius 1 is 0.515 bits per heavy atom. The Labute approximate surface area is 407 Å². The van der Waals surface area contributed by atoms with Gasteiger partial charge in [0, 0.05) is 57.0 Å². The molecule has 3 aliphatic rings. The minimum Gasteiger partial charge on any atom is -1.00 e. The first-order valence-corrected chi connectivity index (χ1v) is 22.7. The lowest BCUT2D eigenvalue weighted by Crippen LogP contribution is -3.00. The molecule has 0 unspecified atom stereocenters. The number of piperidine rings is 2. The van der Waals surface area contributed by atoms with E-state index in [9.17, 15) is 19.2 Å². The van der Waals surface area contributed by atoms with Gasteiger partial charge in [-0.25, -0.2) is 0 Å². The maximum Gasteiger partial charge on any atom is 0.310 e. The Hall–Kier alpha value is -5.34. The first-order chi connectivity index (χ1) is 31.2. The van der Waals surface area contributed by atoms with Crippen LogP contribution in [0.1, 0.15) is 95.0 Å². The van der Waals surface area contributed by atoms with E-state index in [1.165, 1.54) is 0 Å². The molecule has 7 rings (SSSR count). The molecule has 3 fully saturated rings. The molecule has 0 N–H and O–H groups in total. The van der Waals surface area contributed by atoms with Crippen molar-refractivity contribution in [2.45, 2.75) is 63.2 Å². The fraction of sp³-hybridized carbons (Fsp3) is 0.440. The van der Waals surface area contributed by atoms with E-state index in [0.29, 0.717) is 70.5 Å². The van der Waals surface area contributed by atoms with Crippen LogP contribution in [0.5, 0.6) is 0 Å². The third-order valence-corrected chi connectivity index (χ3v) is 13.7.